The maximum atomic E-state index is 13.9. The minimum Gasteiger partial charge on any atom is -0.472 e. The first-order valence-electron chi connectivity index (χ1n) is 7.50. The lowest BCUT2D eigenvalue weighted by molar-refractivity contribution is -0.123. The summed E-state index contributed by atoms with van der Waals surface area (Å²) >= 11 is 0. The van der Waals surface area contributed by atoms with Crippen molar-refractivity contribution in [3.8, 4) is 0 Å². The highest BCUT2D eigenvalue weighted by molar-refractivity contribution is 5.97. The molecule has 0 aliphatic heterocycles. The van der Waals surface area contributed by atoms with Crippen LogP contribution in [0.4, 0.5) is 8.78 Å². The Morgan fingerprint density at radius 3 is 2.58 bits per heavy atom. The van der Waals surface area contributed by atoms with Crippen LogP contribution in [0.25, 0.3) is 0 Å². The third-order valence-electron chi connectivity index (χ3n) is 3.58. The van der Waals surface area contributed by atoms with Gasteiger partial charge in [0.25, 0.3) is 5.91 Å². The van der Waals surface area contributed by atoms with Crippen LogP contribution in [-0.2, 0) is 4.79 Å². The molecule has 7 heteroatoms. The molecular formula is C17H18F2N2O3. The Hall–Kier alpha value is -2.70. The monoisotopic (exact) mass is 336 g/mol. The summed E-state index contributed by atoms with van der Waals surface area (Å²) < 4.78 is 32.0. The second kappa shape index (κ2) is 7.72. The summed E-state index contributed by atoms with van der Waals surface area (Å²) in [4.78, 5) is 24.1. The molecule has 2 N–H and O–H groups in total. The van der Waals surface area contributed by atoms with E-state index in [2.05, 4.69) is 10.6 Å². The second-order valence-electron chi connectivity index (χ2n) is 5.34. The van der Waals surface area contributed by atoms with E-state index >= 15 is 0 Å². The Kier molecular flexibility index (Phi) is 5.68. The molecule has 2 amide bonds. The molecule has 2 rings (SSSR count). The summed E-state index contributed by atoms with van der Waals surface area (Å²) in [7, 11) is 0. The van der Waals surface area contributed by atoms with E-state index in [-0.39, 0.29) is 11.1 Å². The largest absolute Gasteiger partial charge is 0.472 e. The molecule has 5 nitrogen and oxygen atoms in total. The van der Waals surface area contributed by atoms with Crippen molar-refractivity contribution < 1.29 is 22.8 Å². The standard InChI is InChI=1S/C17H18F2N2O3/c1-3-15(13-8-12(18)4-5-14(13)19)21-16(22)10(2)20-17(23)11-6-7-24-9-11/h4-10,15H,3H2,1-2H3,(H,20,23)(H,21,22)/t10-,15+/m0/s1. The normalized spacial score (nSPS) is 13.2. The first kappa shape index (κ1) is 17.7. The van der Waals surface area contributed by atoms with Gasteiger partial charge in [-0.1, -0.05) is 6.92 Å². The molecule has 0 aliphatic carbocycles. The van der Waals surface area contributed by atoms with Crippen LogP contribution in [0.5, 0.6) is 0 Å². The fraction of sp³-hybridized carbons (Fsp3) is 0.294. The van der Waals surface area contributed by atoms with Gasteiger partial charge in [-0.15, -0.1) is 0 Å². The number of rotatable bonds is 6. The molecule has 0 unspecified atom stereocenters. The van der Waals surface area contributed by atoms with Crippen molar-refractivity contribution >= 4 is 11.8 Å². The van der Waals surface area contributed by atoms with E-state index in [1.54, 1.807) is 6.92 Å². The van der Waals surface area contributed by atoms with Crippen molar-refractivity contribution in [2.75, 3.05) is 0 Å². The third kappa shape index (κ3) is 4.18. The zero-order valence-electron chi connectivity index (χ0n) is 13.3. The first-order valence-corrected chi connectivity index (χ1v) is 7.50. The van der Waals surface area contributed by atoms with Crippen molar-refractivity contribution in [2.45, 2.75) is 32.4 Å². The van der Waals surface area contributed by atoms with E-state index in [0.717, 1.165) is 18.2 Å². The zero-order chi connectivity index (χ0) is 17.7. The van der Waals surface area contributed by atoms with E-state index in [1.165, 1.54) is 25.5 Å². The summed E-state index contributed by atoms with van der Waals surface area (Å²) in [5.74, 6) is -2.14. The predicted octanol–water partition coefficient (Wildman–Crippen LogP) is 2.94. The number of carbonyl (C=O) groups is 2. The minimum absolute atomic E-state index is 0.0687. The summed E-state index contributed by atoms with van der Waals surface area (Å²) in [6, 6.07) is 3.01. The van der Waals surface area contributed by atoms with E-state index < -0.39 is 35.5 Å². The average Bonchev–Trinajstić information content (AvgIpc) is 3.09. The maximum absolute atomic E-state index is 13.9. The number of halogens is 2. The van der Waals surface area contributed by atoms with Gasteiger partial charge in [0.15, 0.2) is 0 Å². The van der Waals surface area contributed by atoms with Crippen LogP contribution in [0.1, 0.15) is 42.2 Å². The quantitative estimate of drug-likeness (QED) is 0.852. The third-order valence-corrected chi connectivity index (χ3v) is 3.58. The van der Waals surface area contributed by atoms with Crippen molar-refractivity contribution in [2.24, 2.45) is 0 Å². The van der Waals surface area contributed by atoms with Crippen molar-refractivity contribution in [3.63, 3.8) is 0 Å². The lowest BCUT2D eigenvalue weighted by Crippen LogP contribution is -2.45. The Morgan fingerprint density at radius 2 is 1.96 bits per heavy atom. The van der Waals surface area contributed by atoms with Gasteiger partial charge < -0.3 is 15.1 Å². The molecule has 0 spiro atoms. The second-order valence-corrected chi connectivity index (χ2v) is 5.34. The number of hydrogen-bond donors (Lipinski definition) is 2. The smallest absolute Gasteiger partial charge is 0.255 e. The fourth-order valence-corrected chi connectivity index (χ4v) is 2.22. The highest BCUT2D eigenvalue weighted by Gasteiger charge is 2.22. The van der Waals surface area contributed by atoms with Crippen LogP contribution in [-0.4, -0.2) is 17.9 Å². The fourth-order valence-electron chi connectivity index (χ4n) is 2.22. The number of hydrogen-bond acceptors (Lipinski definition) is 3. The van der Waals surface area contributed by atoms with Crippen molar-refractivity contribution in [1.29, 1.82) is 0 Å². The molecule has 1 heterocycles. The number of benzene rings is 1. The van der Waals surface area contributed by atoms with E-state index in [1.807, 2.05) is 0 Å². The average molecular weight is 336 g/mol. The van der Waals surface area contributed by atoms with Crippen LogP contribution in [0.15, 0.2) is 41.2 Å². The van der Waals surface area contributed by atoms with Crippen LogP contribution in [0, 0.1) is 11.6 Å². The van der Waals surface area contributed by atoms with Gasteiger partial charge in [-0.25, -0.2) is 8.78 Å². The lowest BCUT2D eigenvalue weighted by Gasteiger charge is -2.21. The molecular weight excluding hydrogens is 318 g/mol. The molecule has 128 valence electrons. The van der Waals surface area contributed by atoms with Gasteiger partial charge in [0.1, 0.15) is 23.9 Å². The van der Waals surface area contributed by atoms with Crippen molar-refractivity contribution in [1.82, 2.24) is 10.6 Å². The van der Waals surface area contributed by atoms with Gasteiger partial charge in [-0.2, -0.15) is 0 Å². The van der Waals surface area contributed by atoms with Gasteiger partial charge in [0.05, 0.1) is 17.9 Å². The number of nitrogens with one attached hydrogen (secondary N) is 2. The van der Waals surface area contributed by atoms with Gasteiger partial charge in [-0.3, -0.25) is 9.59 Å². The van der Waals surface area contributed by atoms with E-state index in [0.29, 0.717) is 6.42 Å². The summed E-state index contributed by atoms with van der Waals surface area (Å²) in [5.41, 5.74) is 0.358. The summed E-state index contributed by atoms with van der Waals surface area (Å²) in [5, 5.41) is 5.13. The molecule has 24 heavy (non-hydrogen) atoms. The van der Waals surface area contributed by atoms with E-state index in [4.69, 9.17) is 4.42 Å². The Labute approximate surface area is 138 Å². The maximum Gasteiger partial charge on any atom is 0.255 e. The van der Waals surface area contributed by atoms with E-state index in [9.17, 15) is 18.4 Å². The molecule has 0 radical (unpaired) electrons. The molecule has 1 aromatic heterocycles. The SMILES string of the molecule is CC[C@@H](NC(=O)[C@H](C)NC(=O)c1ccoc1)c1cc(F)ccc1F. The Balaban J connectivity index is 2.03. The number of amides is 2. The molecule has 0 bridgehead atoms. The molecule has 2 aromatic rings. The Bertz CT molecular complexity index is 717. The molecule has 2 atom stereocenters. The molecule has 0 saturated heterocycles. The highest BCUT2D eigenvalue weighted by atomic mass is 19.1. The molecule has 0 aliphatic rings. The van der Waals surface area contributed by atoms with Gasteiger partial charge in [-0.05, 0) is 37.6 Å². The van der Waals surface area contributed by atoms with Gasteiger partial charge >= 0.3 is 0 Å². The summed E-state index contributed by atoms with van der Waals surface area (Å²) in [6.07, 6.45) is 2.98. The molecule has 0 saturated carbocycles. The van der Waals surface area contributed by atoms with Crippen LogP contribution < -0.4 is 10.6 Å². The first-order chi connectivity index (χ1) is 11.4. The lowest BCUT2D eigenvalue weighted by atomic mass is 10.0. The highest BCUT2D eigenvalue weighted by Crippen LogP contribution is 2.21. The van der Waals surface area contributed by atoms with Crippen LogP contribution in [0.2, 0.25) is 0 Å². The van der Waals surface area contributed by atoms with Crippen LogP contribution in [0.3, 0.4) is 0 Å². The zero-order valence-corrected chi connectivity index (χ0v) is 13.3. The summed E-state index contributed by atoms with van der Waals surface area (Å²) in [6.45, 7) is 3.24. The minimum atomic E-state index is -0.849. The van der Waals surface area contributed by atoms with Crippen molar-refractivity contribution in [3.05, 3.63) is 59.6 Å². The van der Waals surface area contributed by atoms with Gasteiger partial charge in [0, 0.05) is 5.56 Å². The number of furan rings is 1. The molecule has 1 aromatic carbocycles. The predicted molar refractivity (Wildman–Crippen MR) is 83.2 cm³/mol. The van der Waals surface area contributed by atoms with Gasteiger partial charge in [0.2, 0.25) is 5.91 Å². The topological polar surface area (TPSA) is 71.3 Å². The number of carbonyl (C=O) groups excluding carboxylic acids is 2. The Morgan fingerprint density at radius 1 is 1.21 bits per heavy atom. The van der Waals surface area contributed by atoms with Crippen LogP contribution >= 0.6 is 0 Å². The molecule has 0 fully saturated rings.